The van der Waals surface area contributed by atoms with Crippen molar-refractivity contribution in [3.05, 3.63) is 58.6 Å². The first-order valence-electron chi connectivity index (χ1n) is 5.83. The highest BCUT2D eigenvalue weighted by molar-refractivity contribution is 6.30. The van der Waals surface area contributed by atoms with Crippen molar-refractivity contribution in [2.45, 2.75) is 6.10 Å². The van der Waals surface area contributed by atoms with E-state index in [4.69, 9.17) is 16.9 Å². The first kappa shape index (κ1) is 14.3. The monoisotopic (exact) mass is 291 g/mol. The van der Waals surface area contributed by atoms with E-state index in [0.29, 0.717) is 16.9 Å². The fourth-order valence-electron chi connectivity index (χ4n) is 1.62. The number of pyridine rings is 1. The molecule has 0 amide bonds. The zero-order chi connectivity index (χ0) is 14.5. The van der Waals surface area contributed by atoms with Crippen LogP contribution in [0.25, 0.3) is 0 Å². The summed E-state index contributed by atoms with van der Waals surface area (Å²) in [6, 6.07) is 9.33. The highest BCUT2D eigenvalue weighted by atomic mass is 35.5. The van der Waals surface area contributed by atoms with Crippen molar-refractivity contribution in [2.75, 3.05) is 11.9 Å². The molecule has 0 saturated heterocycles. The summed E-state index contributed by atoms with van der Waals surface area (Å²) in [7, 11) is 0. The summed E-state index contributed by atoms with van der Waals surface area (Å²) in [5.74, 6) is -0.566. The van der Waals surface area contributed by atoms with Gasteiger partial charge in [-0.25, -0.2) is 9.37 Å². The molecule has 4 nitrogen and oxygen atoms in total. The van der Waals surface area contributed by atoms with Crippen LogP contribution in [0, 0.1) is 17.1 Å². The molecule has 1 aromatic carbocycles. The third-order valence-electron chi connectivity index (χ3n) is 2.71. The second-order valence-corrected chi connectivity index (χ2v) is 4.52. The summed E-state index contributed by atoms with van der Waals surface area (Å²) in [5.41, 5.74) is 1.41. The number of benzene rings is 1. The van der Waals surface area contributed by atoms with E-state index in [0.717, 1.165) is 0 Å². The van der Waals surface area contributed by atoms with E-state index in [1.54, 1.807) is 18.2 Å². The van der Waals surface area contributed by atoms with Crippen LogP contribution < -0.4 is 5.32 Å². The SMILES string of the molecule is N#Cc1ccc(NCC(O)c2ccc(Cl)c(F)c2)cn1. The van der Waals surface area contributed by atoms with Crippen LogP contribution in [0.1, 0.15) is 17.4 Å². The van der Waals surface area contributed by atoms with Gasteiger partial charge in [-0.05, 0) is 29.8 Å². The Bertz CT molecular complexity index is 640. The molecule has 2 rings (SSSR count). The Morgan fingerprint density at radius 2 is 2.20 bits per heavy atom. The lowest BCUT2D eigenvalue weighted by Crippen LogP contribution is -2.12. The molecule has 1 unspecified atom stereocenters. The lowest BCUT2D eigenvalue weighted by Gasteiger charge is -2.13. The number of hydrogen-bond donors (Lipinski definition) is 2. The number of nitrogens with zero attached hydrogens (tertiary/aromatic N) is 2. The summed E-state index contributed by atoms with van der Waals surface area (Å²) in [6.07, 6.45) is 0.616. The van der Waals surface area contributed by atoms with Gasteiger partial charge in [-0.3, -0.25) is 0 Å². The van der Waals surface area contributed by atoms with Gasteiger partial charge in [0.25, 0.3) is 0 Å². The van der Waals surface area contributed by atoms with Crippen molar-refractivity contribution in [2.24, 2.45) is 0 Å². The Labute approximate surface area is 120 Å². The lowest BCUT2D eigenvalue weighted by molar-refractivity contribution is 0.191. The third kappa shape index (κ3) is 3.44. The second kappa shape index (κ2) is 6.33. The Balaban J connectivity index is 1.99. The molecule has 0 aliphatic rings. The Kier molecular flexibility index (Phi) is 4.51. The molecule has 0 saturated carbocycles. The van der Waals surface area contributed by atoms with E-state index in [9.17, 15) is 9.50 Å². The van der Waals surface area contributed by atoms with Crippen molar-refractivity contribution in [3.8, 4) is 6.07 Å². The molecule has 0 aliphatic carbocycles. The number of halogens is 2. The highest BCUT2D eigenvalue weighted by Gasteiger charge is 2.10. The van der Waals surface area contributed by atoms with Crippen molar-refractivity contribution < 1.29 is 9.50 Å². The quantitative estimate of drug-likeness (QED) is 0.909. The van der Waals surface area contributed by atoms with E-state index in [-0.39, 0.29) is 11.6 Å². The smallest absolute Gasteiger partial charge is 0.142 e. The van der Waals surface area contributed by atoms with E-state index in [2.05, 4.69) is 10.3 Å². The van der Waals surface area contributed by atoms with Gasteiger partial charge in [-0.2, -0.15) is 5.26 Å². The van der Waals surface area contributed by atoms with Gasteiger partial charge in [0.1, 0.15) is 17.6 Å². The maximum Gasteiger partial charge on any atom is 0.142 e. The number of rotatable bonds is 4. The molecule has 1 aromatic heterocycles. The van der Waals surface area contributed by atoms with Gasteiger partial charge in [-0.15, -0.1) is 0 Å². The topological polar surface area (TPSA) is 68.9 Å². The number of nitriles is 1. The van der Waals surface area contributed by atoms with Crippen LogP contribution in [0.2, 0.25) is 5.02 Å². The van der Waals surface area contributed by atoms with Crippen LogP contribution in [0.4, 0.5) is 10.1 Å². The fourth-order valence-corrected chi connectivity index (χ4v) is 1.73. The van der Waals surface area contributed by atoms with Gasteiger partial charge in [0.2, 0.25) is 0 Å². The van der Waals surface area contributed by atoms with Crippen LogP contribution in [0.15, 0.2) is 36.5 Å². The molecular formula is C14H11ClFN3O. The van der Waals surface area contributed by atoms with Gasteiger partial charge < -0.3 is 10.4 Å². The third-order valence-corrected chi connectivity index (χ3v) is 3.01. The lowest BCUT2D eigenvalue weighted by atomic mass is 10.1. The molecule has 1 atom stereocenters. The van der Waals surface area contributed by atoms with Crippen LogP contribution in [-0.2, 0) is 0 Å². The first-order chi connectivity index (χ1) is 9.60. The average molecular weight is 292 g/mol. The average Bonchev–Trinajstić information content (AvgIpc) is 2.48. The van der Waals surface area contributed by atoms with Crippen LogP contribution in [0.5, 0.6) is 0 Å². The number of aliphatic hydroxyl groups excluding tert-OH is 1. The van der Waals surface area contributed by atoms with E-state index in [1.807, 2.05) is 6.07 Å². The van der Waals surface area contributed by atoms with E-state index >= 15 is 0 Å². The maximum absolute atomic E-state index is 13.3. The van der Waals surface area contributed by atoms with Crippen LogP contribution >= 0.6 is 11.6 Å². The van der Waals surface area contributed by atoms with Gasteiger partial charge in [-0.1, -0.05) is 17.7 Å². The van der Waals surface area contributed by atoms with Crippen molar-refractivity contribution in [1.82, 2.24) is 4.98 Å². The standard InChI is InChI=1S/C14H11ClFN3O/c15-12-4-1-9(5-13(12)16)14(20)8-19-11-3-2-10(6-17)18-7-11/h1-5,7,14,19-20H,8H2. The summed E-state index contributed by atoms with van der Waals surface area (Å²) in [6.45, 7) is 0.189. The minimum absolute atomic E-state index is 0.0187. The van der Waals surface area contributed by atoms with E-state index in [1.165, 1.54) is 18.3 Å². The zero-order valence-electron chi connectivity index (χ0n) is 10.3. The van der Waals surface area contributed by atoms with Crippen LogP contribution in [-0.4, -0.2) is 16.6 Å². The molecule has 2 N–H and O–H groups in total. The molecule has 102 valence electrons. The predicted molar refractivity (Wildman–Crippen MR) is 73.8 cm³/mol. The highest BCUT2D eigenvalue weighted by Crippen LogP contribution is 2.20. The van der Waals surface area contributed by atoms with Crippen LogP contribution in [0.3, 0.4) is 0 Å². The summed E-state index contributed by atoms with van der Waals surface area (Å²) in [4.78, 5) is 3.89. The summed E-state index contributed by atoms with van der Waals surface area (Å²) in [5, 5.41) is 21.5. The number of aromatic nitrogens is 1. The van der Waals surface area contributed by atoms with Gasteiger partial charge in [0.05, 0.1) is 23.0 Å². The molecular weight excluding hydrogens is 281 g/mol. The fraction of sp³-hybridized carbons (Fsp3) is 0.143. The van der Waals surface area contributed by atoms with Crippen molar-refractivity contribution in [3.63, 3.8) is 0 Å². The zero-order valence-corrected chi connectivity index (χ0v) is 11.1. The molecule has 0 fully saturated rings. The second-order valence-electron chi connectivity index (χ2n) is 4.11. The first-order valence-corrected chi connectivity index (χ1v) is 6.21. The van der Waals surface area contributed by atoms with Crippen molar-refractivity contribution in [1.29, 1.82) is 5.26 Å². The minimum Gasteiger partial charge on any atom is -0.387 e. The number of aliphatic hydroxyl groups is 1. The van der Waals surface area contributed by atoms with Crippen molar-refractivity contribution >= 4 is 17.3 Å². The summed E-state index contributed by atoms with van der Waals surface area (Å²) < 4.78 is 13.3. The molecule has 6 heteroatoms. The molecule has 0 radical (unpaired) electrons. The Morgan fingerprint density at radius 3 is 2.80 bits per heavy atom. The largest absolute Gasteiger partial charge is 0.387 e. The molecule has 0 spiro atoms. The van der Waals surface area contributed by atoms with E-state index < -0.39 is 11.9 Å². The Hall–Kier alpha value is -2.16. The Morgan fingerprint density at radius 1 is 1.40 bits per heavy atom. The summed E-state index contributed by atoms with van der Waals surface area (Å²) >= 11 is 5.58. The number of nitrogens with one attached hydrogen (secondary N) is 1. The van der Waals surface area contributed by atoms with Gasteiger partial charge >= 0.3 is 0 Å². The molecule has 0 aliphatic heterocycles. The number of anilines is 1. The maximum atomic E-state index is 13.3. The molecule has 0 bridgehead atoms. The van der Waals surface area contributed by atoms with Gasteiger partial charge in [0, 0.05) is 6.54 Å². The molecule has 20 heavy (non-hydrogen) atoms. The number of hydrogen-bond acceptors (Lipinski definition) is 4. The molecule has 2 aromatic rings. The van der Waals surface area contributed by atoms with Gasteiger partial charge in [0.15, 0.2) is 0 Å². The molecule has 1 heterocycles. The minimum atomic E-state index is -0.877. The normalized spacial score (nSPS) is 11.7. The predicted octanol–water partition coefficient (Wildman–Crippen LogP) is 2.89.